The molecule has 0 saturated heterocycles. The number of benzene rings is 3. The number of ether oxygens (including phenoxy) is 1. The second kappa shape index (κ2) is 12.7. The number of nitrogens with one attached hydrogen (secondary N) is 1. The highest BCUT2D eigenvalue weighted by Gasteiger charge is 2.29. The number of hydrogen-bond acceptors (Lipinski definition) is 5. The van der Waals surface area contributed by atoms with Gasteiger partial charge in [-0.05, 0) is 80.1 Å². The second-order valence-electron chi connectivity index (χ2n) is 7.94. The van der Waals surface area contributed by atoms with E-state index in [2.05, 4.69) is 12.2 Å². The summed E-state index contributed by atoms with van der Waals surface area (Å²) in [7, 11) is -4.04. The number of hydrogen-bond donors (Lipinski definition) is 1. The van der Waals surface area contributed by atoms with E-state index < -0.39 is 22.5 Å². The highest BCUT2D eigenvalue weighted by atomic mass is 32.2. The van der Waals surface area contributed by atoms with Crippen LogP contribution in [0.15, 0.2) is 82.6 Å². The Balaban J connectivity index is 1.90. The normalized spacial score (nSPS) is 11.2. The van der Waals surface area contributed by atoms with Crippen LogP contribution in [0.1, 0.15) is 32.3 Å². The fraction of sp³-hybridized carbons (Fsp3) is 0.296. The number of amides is 1. The van der Waals surface area contributed by atoms with Crippen LogP contribution in [-0.4, -0.2) is 33.7 Å². The quantitative estimate of drug-likeness (QED) is 0.302. The van der Waals surface area contributed by atoms with E-state index in [1.807, 2.05) is 37.4 Å². The topological polar surface area (TPSA) is 75.7 Å². The van der Waals surface area contributed by atoms with Gasteiger partial charge >= 0.3 is 0 Å². The Labute approximate surface area is 212 Å². The first-order chi connectivity index (χ1) is 16.9. The minimum absolute atomic E-state index is 0.106. The number of carbonyl (C=O) groups is 1. The molecule has 3 aromatic rings. The van der Waals surface area contributed by atoms with Gasteiger partial charge < -0.3 is 10.1 Å². The molecule has 6 nitrogen and oxygen atoms in total. The fourth-order valence-electron chi connectivity index (χ4n) is 3.58. The molecule has 35 heavy (non-hydrogen) atoms. The summed E-state index contributed by atoms with van der Waals surface area (Å²) in [5, 5.41) is 2.83. The van der Waals surface area contributed by atoms with E-state index in [0.717, 1.165) is 28.5 Å². The number of para-hydroxylation sites is 2. The molecule has 0 saturated carbocycles. The fourth-order valence-corrected chi connectivity index (χ4v) is 5.42. The molecule has 0 aliphatic carbocycles. The van der Waals surface area contributed by atoms with E-state index in [4.69, 9.17) is 4.74 Å². The van der Waals surface area contributed by atoms with Crippen LogP contribution in [0.25, 0.3) is 0 Å². The van der Waals surface area contributed by atoms with Crippen molar-refractivity contribution in [3.8, 4) is 5.75 Å². The van der Waals surface area contributed by atoms with Crippen LogP contribution >= 0.6 is 11.8 Å². The summed E-state index contributed by atoms with van der Waals surface area (Å²) in [5.74, 6) is -0.0469. The van der Waals surface area contributed by atoms with E-state index in [-0.39, 0.29) is 4.90 Å². The zero-order valence-electron chi connectivity index (χ0n) is 20.4. The van der Waals surface area contributed by atoms with Crippen LogP contribution in [0.3, 0.4) is 0 Å². The smallest absolute Gasteiger partial charge is 0.264 e. The maximum absolute atomic E-state index is 13.7. The minimum atomic E-state index is -4.04. The third kappa shape index (κ3) is 7.02. The third-order valence-corrected chi connectivity index (χ3v) is 7.94. The Hall–Kier alpha value is -2.97. The molecule has 0 spiro atoms. The Morgan fingerprint density at radius 1 is 0.971 bits per heavy atom. The highest BCUT2D eigenvalue weighted by Crippen LogP contribution is 2.33. The molecule has 0 aromatic heterocycles. The molecular formula is C27H32N2O4S2. The number of rotatable bonds is 12. The average Bonchev–Trinajstić information content (AvgIpc) is 2.87. The van der Waals surface area contributed by atoms with Crippen LogP contribution in [-0.2, 0) is 21.2 Å². The van der Waals surface area contributed by atoms with E-state index in [9.17, 15) is 13.2 Å². The summed E-state index contributed by atoms with van der Waals surface area (Å²) in [6, 6.07) is 21.1. The number of carbonyl (C=O) groups excluding carboxylic acids is 1. The van der Waals surface area contributed by atoms with Crippen molar-refractivity contribution in [3.63, 3.8) is 0 Å². The van der Waals surface area contributed by atoms with Gasteiger partial charge in [0.2, 0.25) is 5.91 Å². The van der Waals surface area contributed by atoms with E-state index >= 15 is 0 Å². The third-order valence-electron chi connectivity index (χ3n) is 5.43. The molecule has 0 aliphatic heterocycles. The van der Waals surface area contributed by atoms with Gasteiger partial charge in [-0.25, -0.2) is 8.42 Å². The van der Waals surface area contributed by atoms with Gasteiger partial charge in [-0.3, -0.25) is 9.10 Å². The number of nitrogens with zero attached hydrogens (tertiary/aromatic N) is 1. The Kier molecular flexibility index (Phi) is 9.63. The molecule has 0 atom stereocenters. The van der Waals surface area contributed by atoms with Crippen LogP contribution < -0.4 is 14.4 Å². The first-order valence-corrected chi connectivity index (χ1v) is 14.3. The molecule has 8 heteroatoms. The van der Waals surface area contributed by atoms with Crippen molar-refractivity contribution in [2.75, 3.05) is 29.0 Å². The average molecular weight is 513 g/mol. The molecule has 186 valence electrons. The van der Waals surface area contributed by atoms with Crippen molar-refractivity contribution in [1.29, 1.82) is 0 Å². The van der Waals surface area contributed by atoms with Crippen LogP contribution in [0.2, 0.25) is 0 Å². The summed E-state index contributed by atoms with van der Waals surface area (Å²) < 4.78 is 34.2. The van der Waals surface area contributed by atoms with Crippen LogP contribution in [0, 0.1) is 0 Å². The highest BCUT2D eigenvalue weighted by molar-refractivity contribution is 7.98. The van der Waals surface area contributed by atoms with Gasteiger partial charge in [0.25, 0.3) is 10.0 Å². The molecule has 0 unspecified atom stereocenters. The molecule has 0 heterocycles. The van der Waals surface area contributed by atoms with Crippen molar-refractivity contribution >= 4 is 39.1 Å². The largest absolute Gasteiger partial charge is 0.492 e. The van der Waals surface area contributed by atoms with Gasteiger partial charge in [-0.1, -0.05) is 37.6 Å². The maximum Gasteiger partial charge on any atom is 0.264 e. The molecule has 1 N–H and O–H groups in total. The molecule has 0 radical (unpaired) electrons. The summed E-state index contributed by atoms with van der Waals surface area (Å²) in [6.45, 7) is 3.95. The number of unbranched alkanes of at least 4 members (excludes halogenated alkanes) is 1. The van der Waals surface area contributed by atoms with Gasteiger partial charge in [-0.2, -0.15) is 0 Å². The predicted molar refractivity (Wildman–Crippen MR) is 144 cm³/mol. The first kappa shape index (κ1) is 26.6. The predicted octanol–water partition coefficient (Wildman–Crippen LogP) is 5.98. The van der Waals surface area contributed by atoms with Crippen LogP contribution in [0.5, 0.6) is 5.75 Å². The monoisotopic (exact) mass is 512 g/mol. The summed E-state index contributed by atoms with van der Waals surface area (Å²) in [5.41, 5.74) is 2.14. The molecule has 3 rings (SSSR count). The van der Waals surface area contributed by atoms with Crippen molar-refractivity contribution in [2.24, 2.45) is 0 Å². The standard InChI is InChI=1S/C27H32N2O4S2/c1-4-6-9-21-12-14-22(15-13-21)28-27(30)20-29(25-10-7-8-11-26(25)33-5-2)35(31,32)24-18-16-23(34-3)17-19-24/h7-8,10-19H,4-6,9,20H2,1-3H3,(H,28,30). The van der Waals surface area contributed by atoms with E-state index in [1.54, 1.807) is 48.5 Å². The van der Waals surface area contributed by atoms with E-state index in [0.29, 0.717) is 23.7 Å². The molecule has 0 bridgehead atoms. The maximum atomic E-state index is 13.7. The summed E-state index contributed by atoms with van der Waals surface area (Å²) >= 11 is 1.53. The van der Waals surface area contributed by atoms with Crippen LogP contribution in [0.4, 0.5) is 11.4 Å². The van der Waals surface area contributed by atoms with Crippen molar-refractivity contribution < 1.29 is 17.9 Å². The molecule has 3 aromatic carbocycles. The lowest BCUT2D eigenvalue weighted by atomic mass is 10.1. The zero-order chi connectivity index (χ0) is 25.3. The molecular weight excluding hydrogens is 480 g/mol. The van der Waals surface area contributed by atoms with Gasteiger partial charge in [0.1, 0.15) is 12.3 Å². The number of thioether (sulfide) groups is 1. The lowest BCUT2D eigenvalue weighted by Crippen LogP contribution is -2.38. The van der Waals surface area contributed by atoms with Gasteiger partial charge in [0.05, 0.1) is 17.2 Å². The first-order valence-electron chi connectivity index (χ1n) is 11.7. The number of sulfonamides is 1. The zero-order valence-corrected chi connectivity index (χ0v) is 22.0. The molecule has 1 amide bonds. The number of aryl methyl sites for hydroxylation is 1. The van der Waals surface area contributed by atoms with Crippen molar-refractivity contribution in [1.82, 2.24) is 0 Å². The van der Waals surface area contributed by atoms with E-state index in [1.165, 1.54) is 17.3 Å². The van der Waals surface area contributed by atoms with Crippen molar-refractivity contribution in [3.05, 3.63) is 78.4 Å². The Morgan fingerprint density at radius 3 is 2.29 bits per heavy atom. The van der Waals surface area contributed by atoms with Gasteiger partial charge in [0, 0.05) is 10.6 Å². The Morgan fingerprint density at radius 2 is 1.66 bits per heavy atom. The Bertz CT molecular complexity index is 1210. The lowest BCUT2D eigenvalue weighted by molar-refractivity contribution is -0.114. The summed E-state index contributed by atoms with van der Waals surface area (Å²) in [6.07, 6.45) is 5.14. The van der Waals surface area contributed by atoms with Gasteiger partial charge in [-0.15, -0.1) is 11.8 Å². The SMILES string of the molecule is CCCCc1ccc(NC(=O)CN(c2ccccc2OCC)S(=O)(=O)c2ccc(SC)cc2)cc1. The molecule has 0 fully saturated rings. The summed E-state index contributed by atoms with van der Waals surface area (Å²) in [4.78, 5) is 14.1. The van der Waals surface area contributed by atoms with Crippen molar-refractivity contribution in [2.45, 2.75) is 42.9 Å². The van der Waals surface area contributed by atoms with Gasteiger partial charge in [0.15, 0.2) is 0 Å². The molecule has 0 aliphatic rings. The minimum Gasteiger partial charge on any atom is -0.492 e. The second-order valence-corrected chi connectivity index (χ2v) is 10.7. The number of anilines is 2. The lowest BCUT2D eigenvalue weighted by Gasteiger charge is -2.26.